The molecule has 2 heterocycles. The minimum Gasteiger partial charge on any atom is -0.464 e. The number of esters is 1. The van der Waals surface area contributed by atoms with E-state index in [0.717, 1.165) is 48.4 Å². The first-order valence-corrected chi connectivity index (χ1v) is 16.3. The second kappa shape index (κ2) is 14.8. The van der Waals surface area contributed by atoms with Gasteiger partial charge < -0.3 is 19.7 Å². The number of benzene rings is 2. The lowest BCUT2D eigenvalue weighted by atomic mass is 9.81. The third-order valence-corrected chi connectivity index (χ3v) is 8.44. The van der Waals surface area contributed by atoms with E-state index in [2.05, 4.69) is 24.1 Å². The molecule has 0 spiro atoms. The van der Waals surface area contributed by atoms with Crippen molar-refractivity contribution in [3.05, 3.63) is 82.4 Å². The normalized spacial score (nSPS) is 15.2. The Balaban J connectivity index is 1.69. The molecule has 1 amide bonds. The molecule has 1 aliphatic heterocycles. The van der Waals surface area contributed by atoms with E-state index in [-0.39, 0.29) is 42.5 Å². The molecule has 1 aromatic heterocycles. The predicted octanol–water partition coefficient (Wildman–Crippen LogP) is 7.09. The van der Waals surface area contributed by atoms with Gasteiger partial charge in [-0.1, -0.05) is 38.1 Å². The van der Waals surface area contributed by atoms with Gasteiger partial charge in [0, 0.05) is 47.6 Å². The molecule has 252 valence electrons. The van der Waals surface area contributed by atoms with E-state index in [4.69, 9.17) is 14.5 Å². The maximum absolute atomic E-state index is 13.5. The van der Waals surface area contributed by atoms with Gasteiger partial charge in [-0.15, -0.1) is 0 Å². The molecule has 1 N–H and O–H groups in total. The highest BCUT2D eigenvalue weighted by molar-refractivity contribution is 5.98. The van der Waals surface area contributed by atoms with Crippen molar-refractivity contribution in [3.8, 4) is 11.1 Å². The number of nitrogens with zero attached hydrogens (tertiary/aromatic N) is 2. The van der Waals surface area contributed by atoms with Crippen LogP contribution >= 0.6 is 0 Å². The fraction of sp³-hybridized carbons (Fsp3) is 0.474. The van der Waals surface area contributed by atoms with Crippen LogP contribution in [0.5, 0.6) is 0 Å². The highest BCUT2D eigenvalue weighted by Crippen LogP contribution is 2.45. The number of hydrogen-bond donors (Lipinski definition) is 1. The summed E-state index contributed by atoms with van der Waals surface area (Å²) in [6, 6.07) is 12.9. The van der Waals surface area contributed by atoms with Crippen LogP contribution in [-0.2, 0) is 25.5 Å². The Kier molecular flexibility index (Phi) is 11.2. The Bertz CT molecular complexity index is 1580. The fourth-order valence-electron chi connectivity index (χ4n) is 5.93. The smallest absolute Gasteiger partial charge is 0.340 e. The number of pyridine rings is 1. The molecule has 9 heteroatoms. The van der Waals surface area contributed by atoms with Crippen LogP contribution in [0.4, 0.5) is 10.1 Å². The molecule has 1 fully saturated rings. The molecule has 0 unspecified atom stereocenters. The van der Waals surface area contributed by atoms with Crippen molar-refractivity contribution in [2.45, 2.75) is 86.4 Å². The first kappa shape index (κ1) is 35.7. The van der Waals surface area contributed by atoms with Gasteiger partial charge in [-0.2, -0.15) is 0 Å². The molecule has 0 radical (unpaired) electrons. The average molecular weight is 646 g/mol. The van der Waals surface area contributed by atoms with Crippen LogP contribution in [0.15, 0.2) is 48.5 Å². The fourth-order valence-corrected chi connectivity index (χ4v) is 5.93. The van der Waals surface area contributed by atoms with Crippen molar-refractivity contribution in [2.75, 3.05) is 31.1 Å². The number of piperidine rings is 1. The number of Topliss-reactive ketones (excluding diaryl/α,β-unsaturated/α-hetero) is 1. The van der Waals surface area contributed by atoms with E-state index in [0.29, 0.717) is 22.4 Å². The molecular formula is C38H48FN3O5. The van der Waals surface area contributed by atoms with Crippen molar-refractivity contribution in [3.63, 3.8) is 0 Å². The van der Waals surface area contributed by atoms with Crippen LogP contribution in [0, 0.1) is 25.1 Å². The third kappa shape index (κ3) is 9.25. The molecule has 0 bridgehead atoms. The first-order chi connectivity index (χ1) is 22.1. The summed E-state index contributed by atoms with van der Waals surface area (Å²) in [4.78, 5) is 46.2. The van der Waals surface area contributed by atoms with Crippen LogP contribution in [-0.4, -0.2) is 54.5 Å². The molecule has 3 aromatic rings. The van der Waals surface area contributed by atoms with Crippen LogP contribution in [0.25, 0.3) is 11.1 Å². The minimum absolute atomic E-state index is 0.101. The third-order valence-electron chi connectivity index (χ3n) is 8.44. The van der Waals surface area contributed by atoms with Crippen LogP contribution in [0.3, 0.4) is 0 Å². The Labute approximate surface area is 278 Å². The molecule has 0 saturated carbocycles. The zero-order chi connectivity index (χ0) is 34.5. The second-order valence-electron chi connectivity index (χ2n) is 14.0. The van der Waals surface area contributed by atoms with Crippen molar-refractivity contribution in [1.29, 1.82) is 0 Å². The standard InChI is InChI=1S/C38H48FN3O5/c1-9-46-36(45)34(47-37(4,5)6)32-25(3)41-24(2)31(33(32)42-20-18-38(7,8)19-21-42)27-12-14-28(15-13-27)35(44)40-23-30(43)22-26-10-16-29(39)17-11-26/h10-17,34H,9,18-23H2,1-8H3,(H,40,44)/t34-/m0/s1. The van der Waals surface area contributed by atoms with Gasteiger partial charge in [-0.05, 0) is 95.2 Å². The van der Waals surface area contributed by atoms with Crippen LogP contribution in [0.2, 0.25) is 0 Å². The number of amides is 1. The lowest BCUT2D eigenvalue weighted by Crippen LogP contribution is -2.39. The Morgan fingerprint density at radius 3 is 2.17 bits per heavy atom. The van der Waals surface area contributed by atoms with Crippen molar-refractivity contribution in [2.24, 2.45) is 5.41 Å². The number of halogens is 1. The molecule has 1 saturated heterocycles. The predicted molar refractivity (Wildman–Crippen MR) is 182 cm³/mol. The average Bonchev–Trinajstić information content (AvgIpc) is 2.99. The number of carbonyl (C=O) groups is 3. The van der Waals surface area contributed by atoms with Crippen molar-refractivity contribution < 1.29 is 28.2 Å². The largest absolute Gasteiger partial charge is 0.464 e. The molecule has 2 aromatic carbocycles. The number of rotatable bonds is 11. The van der Waals surface area contributed by atoms with E-state index in [1.54, 1.807) is 31.2 Å². The lowest BCUT2D eigenvalue weighted by molar-refractivity contribution is -0.166. The summed E-state index contributed by atoms with van der Waals surface area (Å²) in [6.45, 7) is 17.6. The summed E-state index contributed by atoms with van der Waals surface area (Å²) in [5.41, 5.74) is 5.47. The summed E-state index contributed by atoms with van der Waals surface area (Å²) in [7, 11) is 0. The molecule has 4 rings (SSSR count). The summed E-state index contributed by atoms with van der Waals surface area (Å²) >= 11 is 0. The van der Waals surface area contributed by atoms with E-state index in [9.17, 15) is 18.8 Å². The molecule has 8 nitrogen and oxygen atoms in total. The van der Waals surface area contributed by atoms with E-state index >= 15 is 0 Å². The van der Waals surface area contributed by atoms with E-state index < -0.39 is 17.7 Å². The van der Waals surface area contributed by atoms with Gasteiger partial charge in [0.25, 0.3) is 5.91 Å². The summed E-state index contributed by atoms with van der Waals surface area (Å²) in [5.74, 6) is -1.38. The maximum Gasteiger partial charge on any atom is 0.340 e. The molecule has 0 aliphatic carbocycles. The Morgan fingerprint density at radius 1 is 0.979 bits per heavy atom. The number of aromatic nitrogens is 1. The summed E-state index contributed by atoms with van der Waals surface area (Å²) in [5, 5.41) is 2.70. The first-order valence-electron chi connectivity index (χ1n) is 16.3. The highest BCUT2D eigenvalue weighted by atomic mass is 19.1. The van der Waals surface area contributed by atoms with Crippen molar-refractivity contribution in [1.82, 2.24) is 10.3 Å². The van der Waals surface area contributed by atoms with Crippen LogP contribution in [0.1, 0.15) is 93.4 Å². The van der Waals surface area contributed by atoms with E-state index in [1.165, 1.54) is 12.1 Å². The number of carbonyl (C=O) groups excluding carboxylic acids is 3. The zero-order valence-electron chi connectivity index (χ0n) is 29.0. The number of hydrogen-bond acceptors (Lipinski definition) is 7. The number of anilines is 1. The topological polar surface area (TPSA) is 97.8 Å². The van der Waals surface area contributed by atoms with E-state index in [1.807, 2.05) is 46.8 Å². The highest BCUT2D eigenvalue weighted by Gasteiger charge is 2.37. The number of nitrogens with one attached hydrogen (secondary N) is 1. The summed E-state index contributed by atoms with van der Waals surface area (Å²) in [6.07, 6.45) is 1.08. The zero-order valence-corrected chi connectivity index (χ0v) is 29.0. The SMILES string of the molecule is CCOC(=O)[C@@H](OC(C)(C)C)c1c(C)nc(C)c(-c2ccc(C(=O)NCC(=O)Cc3ccc(F)cc3)cc2)c1N1CCC(C)(C)CC1. The van der Waals surface area contributed by atoms with Gasteiger partial charge in [-0.3, -0.25) is 14.6 Å². The number of ketones is 1. The van der Waals surface area contributed by atoms with Gasteiger partial charge >= 0.3 is 5.97 Å². The van der Waals surface area contributed by atoms with Gasteiger partial charge in [-0.25, -0.2) is 9.18 Å². The summed E-state index contributed by atoms with van der Waals surface area (Å²) < 4.78 is 25.1. The number of ether oxygens (including phenoxy) is 2. The monoisotopic (exact) mass is 645 g/mol. The second-order valence-corrected chi connectivity index (χ2v) is 14.0. The van der Waals surface area contributed by atoms with Crippen molar-refractivity contribution >= 4 is 23.3 Å². The van der Waals surface area contributed by atoms with Gasteiger partial charge in [0.2, 0.25) is 0 Å². The number of aryl methyl sites for hydroxylation is 2. The quantitative estimate of drug-likeness (QED) is 0.222. The lowest BCUT2D eigenvalue weighted by Gasteiger charge is -2.41. The van der Waals surface area contributed by atoms with Gasteiger partial charge in [0.1, 0.15) is 5.82 Å². The molecule has 1 aliphatic rings. The molecule has 1 atom stereocenters. The maximum atomic E-state index is 13.5. The van der Waals surface area contributed by atoms with Crippen LogP contribution < -0.4 is 10.2 Å². The molecule has 47 heavy (non-hydrogen) atoms. The molecular weight excluding hydrogens is 597 g/mol. The Morgan fingerprint density at radius 2 is 1.60 bits per heavy atom. The Hall–Kier alpha value is -4.11. The minimum atomic E-state index is -0.982. The van der Waals surface area contributed by atoms with Gasteiger partial charge in [0.05, 0.1) is 24.4 Å². The van der Waals surface area contributed by atoms with Gasteiger partial charge in [0.15, 0.2) is 11.9 Å².